The van der Waals surface area contributed by atoms with Crippen LogP contribution >= 0.6 is 22.9 Å². The molecule has 1 amide bonds. The molecular weight excluding hydrogens is 523 g/mol. The third-order valence-electron chi connectivity index (χ3n) is 5.07. The molecule has 0 aliphatic carbocycles. The Morgan fingerprint density at radius 1 is 1.20 bits per heavy atom. The highest BCUT2D eigenvalue weighted by molar-refractivity contribution is 7.14. The fourth-order valence-corrected chi connectivity index (χ4v) is 4.36. The summed E-state index contributed by atoms with van der Waals surface area (Å²) in [6.45, 7) is 0. The summed E-state index contributed by atoms with van der Waals surface area (Å²) in [5.74, 6) is -4.34. The summed E-state index contributed by atoms with van der Waals surface area (Å²) in [5, 5.41) is 3.07. The van der Waals surface area contributed by atoms with Gasteiger partial charge < -0.3 is 9.73 Å². The lowest BCUT2D eigenvalue weighted by Crippen LogP contribution is -2.36. The largest absolute Gasteiger partial charge is 0.427 e. The van der Waals surface area contributed by atoms with Gasteiger partial charge in [-0.3, -0.25) is 18.7 Å². The molecule has 0 bridgehead atoms. The molecular formula is C20H12ClF5N4O4S. The summed E-state index contributed by atoms with van der Waals surface area (Å²) in [5.41, 5.74) is -4.44. The number of amides is 1. The Labute approximate surface area is 200 Å². The molecule has 0 atom stereocenters. The van der Waals surface area contributed by atoms with Crippen molar-refractivity contribution in [3.05, 3.63) is 66.3 Å². The van der Waals surface area contributed by atoms with E-state index < -0.39 is 52.5 Å². The minimum atomic E-state index is -5.26. The van der Waals surface area contributed by atoms with Gasteiger partial charge in [0.2, 0.25) is 16.8 Å². The summed E-state index contributed by atoms with van der Waals surface area (Å²) in [6, 6.07) is 1.27. The predicted molar refractivity (Wildman–Crippen MR) is 117 cm³/mol. The van der Waals surface area contributed by atoms with Gasteiger partial charge in [0.05, 0.1) is 12.1 Å². The van der Waals surface area contributed by atoms with E-state index in [4.69, 9.17) is 16.0 Å². The number of hydrogen-bond acceptors (Lipinski definition) is 6. The van der Waals surface area contributed by atoms with E-state index in [2.05, 4.69) is 10.3 Å². The first-order chi connectivity index (χ1) is 16.3. The van der Waals surface area contributed by atoms with Crippen molar-refractivity contribution in [1.29, 1.82) is 0 Å². The van der Waals surface area contributed by atoms with E-state index in [0.29, 0.717) is 6.07 Å². The molecule has 1 N–H and O–H groups in total. The van der Waals surface area contributed by atoms with Crippen molar-refractivity contribution in [3.63, 3.8) is 0 Å². The molecule has 8 nitrogen and oxygen atoms in total. The molecule has 0 aliphatic rings. The van der Waals surface area contributed by atoms with Crippen LogP contribution in [-0.4, -0.2) is 20.0 Å². The van der Waals surface area contributed by atoms with E-state index in [0.717, 1.165) is 26.5 Å². The van der Waals surface area contributed by atoms with Crippen LogP contribution < -0.4 is 16.6 Å². The van der Waals surface area contributed by atoms with Gasteiger partial charge >= 0.3 is 11.9 Å². The summed E-state index contributed by atoms with van der Waals surface area (Å²) >= 11 is 6.82. The summed E-state index contributed by atoms with van der Waals surface area (Å²) in [6.07, 6.45) is -5.73. The van der Waals surface area contributed by atoms with Crippen LogP contribution in [0.1, 0.15) is 11.1 Å². The average molecular weight is 535 g/mol. The molecule has 0 saturated carbocycles. The summed E-state index contributed by atoms with van der Waals surface area (Å²) < 4.78 is 74.1. The van der Waals surface area contributed by atoms with Crippen molar-refractivity contribution in [1.82, 2.24) is 14.1 Å². The van der Waals surface area contributed by atoms with Crippen LogP contribution in [-0.2, 0) is 31.5 Å². The molecule has 4 aromatic rings. The standard InChI is InChI=1S/C20H12ClF5N4O4S/c1-29-16(32)12-8(15(21)34-17(12)30(2)19(29)33)5-11(31)28-18-27-10(6-35-18)7-3-4-9(22)13(14(7)23)20(24,25)26/h3-4,6H,5H2,1-2H3,(H,27,28,31). The Kier molecular flexibility index (Phi) is 6.05. The molecule has 0 saturated heterocycles. The maximum atomic E-state index is 14.4. The second-order valence-corrected chi connectivity index (χ2v) is 8.49. The van der Waals surface area contributed by atoms with Crippen LogP contribution in [0.15, 0.2) is 31.5 Å². The molecule has 35 heavy (non-hydrogen) atoms. The quantitative estimate of drug-likeness (QED) is 0.398. The number of aromatic nitrogens is 3. The zero-order valence-corrected chi connectivity index (χ0v) is 19.2. The number of thiazole rings is 1. The monoisotopic (exact) mass is 534 g/mol. The van der Waals surface area contributed by atoms with Gasteiger partial charge in [-0.2, -0.15) is 13.2 Å². The summed E-state index contributed by atoms with van der Waals surface area (Å²) in [4.78, 5) is 41.1. The number of carbonyl (C=O) groups excluding carboxylic acids is 1. The Bertz CT molecular complexity index is 1620. The maximum absolute atomic E-state index is 14.4. The molecule has 3 aromatic heterocycles. The number of benzene rings is 1. The Hall–Kier alpha value is -3.52. The number of nitrogens with one attached hydrogen (secondary N) is 1. The zero-order chi connectivity index (χ0) is 25.8. The predicted octanol–water partition coefficient (Wildman–Crippen LogP) is 4.09. The highest BCUT2D eigenvalue weighted by Crippen LogP contribution is 2.38. The van der Waals surface area contributed by atoms with Gasteiger partial charge in [-0.05, 0) is 23.7 Å². The third kappa shape index (κ3) is 4.23. The molecule has 184 valence electrons. The molecule has 0 spiro atoms. The minimum Gasteiger partial charge on any atom is -0.427 e. The fourth-order valence-electron chi connectivity index (χ4n) is 3.39. The van der Waals surface area contributed by atoms with Crippen molar-refractivity contribution in [2.45, 2.75) is 12.6 Å². The number of nitrogens with zero attached hydrogens (tertiary/aromatic N) is 3. The van der Waals surface area contributed by atoms with Crippen LogP contribution in [0.3, 0.4) is 0 Å². The van der Waals surface area contributed by atoms with Gasteiger partial charge in [-0.1, -0.05) is 0 Å². The molecule has 0 unspecified atom stereocenters. The lowest BCUT2D eigenvalue weighted by molar-refractivity contribution is -0.142. The number of carbonyl (C=O) groups is 1. The van der Waals surface area contributed by atoms with Gasteiger partial charge in [0.1, 0.15) is 22.6 Å². The lowest BCUT2D eigenvalue weighted by atomic mass is 10.1. The Balaban J connectivity index is 1.63. The number of fused-ring (bicyclic) bond motifs is 1. The smallest absolute Gasteiger partial charge is 0.422 e. The van der Waals surface area contributed by atoms with Crippen molar-refractivity contribution in [2.75, 3.05) is 5.32 Å². The van der Waals surface area contributed by atoms with Gasteiger partial charge in [0, 0.05) is 30.6 Å². The van der Waals surface area contributed by atoms with Gasteiger partial charge in [0.25, 0.3) is 5.56 Å². The highest BCUT2D eigenvalue weighted by atomic mass is 35.5. The zero-order valence-electron chi connectivity index (χ0n) is 17.6. The van der Waals surface area contributed by atoms with Crippen LogP contribution in [0.5, 0.6) is 0 Å². The molecule has 0 radical (unpaired) electrons. The first-order valence-electron chi connectivity index (χ1n) is 9.49. The molecule has 1 aromatic carbocycles. The minimum absolute atomic E-state index is 0.00606. The highest BCUT2D eigenvalue weighted by Gasteiger charge is 2.39. The first kappa shape index (κ1) is 24.6. The number of halogens is 6. The van der Waals surface area contributed by atoms with Crippen molar-refractivity contribution >= 4 is 45.1 Å². The van der Waals surface area contributed by atoms with Crippen LogP contribution in [0.4, 0.5) is 27.1 Å². The number of hydrogen-bond donors (Lipinski definition) is 1. The van der Waals surface area contributed by atoms with Crippen LogP contribution in [0, 0.1) is 11.6 Å². The molecule has 15 heteroatoms. The van der Waals surface area contributed by atoms with Crippen molar-refractivity contribution < 1.29 is 31.2 Å². The van der Waals surface area contributed by atoms with E-state index in [1.807, 2.05) is 0 Å². The summed E-state index contributed by atoms with van der Waals surface area (Å²) in [7, 11) is 2.59. The van der Waals surface area contributed by atoms with E-state index >= 15 is 0 Å². The van der Waals surface area contributed by atoms with Gasteiger partial charge in [0.15, 0.2) is 5.13 Å². The molecule has 0 aliphatic heterocycles. The molecule has 3 heterocycles. The van der Waals surface area contributed by atoms with E-state index in [9.17, 15) is 36.3 Å². The number of anilines is 1. The normalized spacial score (nSPS) is 11.9. The van der Waals surface area contributed by atoms with Gasteiger partial charge in [-0.15, -0.1) is 11.3 Å². The van der Waals surface area contributed by atoms with Crippen LogP contribution in [0.25, 0.3) is 22.4 Å². The number of alkyl halides is 3. The molecule has 0 fully saturated rings. The van der Waals surface area contributed by atoms with E-state index in [1.165, 1.54) is 19.5 Å². The number of furan rings is 1. The fraction of sp³-hybridized carbons (Fsp3) is 0.200. The van der Waals surface area contributed by atoms with Crippen molar-refractivity contribution in [2.24, 2.45) is 14.1 Å². The SMILES string of the molecule is Cn1c(=O)c2c(CC(=O)Nc3nc(-c4ccc(F)c(C(F)(F)F)c4F)cs3)c(Cl)oc2n(C)c1=O. The first-order valence-corrected chi connectivity index (χ1v) is 10.7. The Morgan fingerprint density at radius 3 is 2.54 bits per heavy atom. The molecule has 4 rings (SSSR count). The van der Waals surface area contributed by atoms with Crippen LogP contribution in [0.2, 0.25) is 5.22 Å². The number of rotatable bonds is 4. The van der Waals surface area contributed by atoms with E-state index in [1.54, 1.807) is 0 Å². The second-order valence-electron chi connectivity index (χ2n) is 7.28. The van der Waals surface area contributed by atoms with Gasteiger partial charge in [-0.25, -0.2) is 18.6 Å². The maximum Gasteiger partial charge on any atom is 0.422 e. The van der Waals surface area contributed by atoms with Crippen molar-refractivity contribution in [3.8, 4) is 11.3 Å². The average Bonchev–Trinajstić information content (AvgIpc) is 3.34. The Morgan fingerprint density at radius 2 is 1.89 bits per heavy atom. The third-order valence-corrected chi connectivity index (χ3v) is 6.14. The lowest BCUT2D eigenvalue weighted by Gasteiger charge is -2.11. The van der Waals surface area contributed by atoms with E-state index in [-0.39, 0.29) is 32.7 Å². The topological polar surface area (TPSA) is 99.1 Å². The second kappa shape index (κ2) is 8.61. The number of aryl methyl sites for hydroxylation is 1.